The van der Waals surface area contributed by atoms with Gasteiger partial charge in [0.2, 0.25) is 0 Å². The Balaban J connectivity index is 1.51. The molecule has 4 rings (SSSR count). The summed E-state index contributed by atoms with van der Waals surface area (Å²) < 4.78 is 5.02. The smallest absolute Gasteiger partial charge is 0.323 e. The van der Waals surface area contributed by atoms with Crippen LogP contribution in [0.4, 0.5) is 16.3 Å². The minimum absolute atomic E-state index is 0.143. The minimum atomic E-state index is -0.143. The number of likely N-dealkylation sites (N-methyl/N-ethyl adjacent to an activating group) is 1. The van der Waals surface area contributed by atoms with Crippen molar-refractivity contribution in [3.8, 4) is 0 Å². The lowest BCUT2D eigenvalue weighted by molar-refractivity contribution is 0.172. The zero-order valence-corrected chi connectivity index (χ0v) is 15.8. The second kappa shape index (κ2) is 6.94. The first-order valence-corrected chi connectivity index (χ1v) is 9.17. The van der Waals surface area contributed by atoms with Crippen LogP contribution in [-0.4, -0.2) is 52.2 Å². The van der Waals surface area contributed by atoms with E-state index in [1.807, 2.05) is 29.4 Å². The summed E-state index contributed by atoms with van der Waals surface area (Å²) in [6.07, 6.45) is 4.66. The van der Waals surface area contributed by atoms with Gasteiger partial charge < -0.3 is 19.3 Å². The Bertz CT molecular complexity index is 948. The number of hydrogen-bond acceptors (Lipinski definition) is 5. The molecule has 0 radical (unpaired) electrons. The highest BCUT2D eigenvalue weighted by Gasteiger charge is 2.32. The second-order valence-electron chi connectivity index (χ2n) is 7.21. The van der Waals surface area contributed by atoms with Crippen molar-refractivity contribution >= 4 is 28.6 Å². The van der Waals surface area contributed by atoms with Gasteiger partial charge in [-0.25, -0.2) is 9.78 Å². The quantitative estimate of drug-likeness (QED) is 0.741. The van der Waals surface area contributed by atoms with Gasteiger partial charge in [-0.3, -0.25) is 5.32 Å². The summed E-state index contributed by atoms with van der Waals surface area (Å²) in [4.78, 5) is 24.3. The van der Waals surface area contributed by atoms with Crippen molar-refractivity contribution in [3.05, 3.63) is 36.4 Å². The molecule has 27 heavy (non-hydrogen) atoms. The molecule has 2 amide bonds. The molecule has 1 unspecified atom stereocenters. The monoisotopic (exact) mass is 368 g/mol. The van der Waals surface area contributed by atoms with Crippen molar-refractivity contribution < 1.29 is 9.32 Å². The number of carbonyl (C=O) groups excluding carboxylic acids is 1. The molecule has 3 aromatic rings. The third-order valence-electron chi connectivity index (χ3n) is 5.38. The molecular formula is C19H24N6O2. The topological polar surface area (TPSA) is 90.3 Å². The van der Waals surface area contributed by atoms with Gasteiger partial charge in [-0.15, -0.1) is 0 Å². The first-order chi connectivity index (χ1) is 13.0. The number of H-pyrrole nitrogens is 1. The number of fused-ring (bicyclic) bond motifs is 1. The fourth-order valence-corrected chi connectivity index (χ4v) is 3.78. The summed E-state index contributed by atoms with van der Waals surface area (Å²) >= 11 is 0. The maximum atomic E-state index is 12.7. The van der Waals surface area contributed by atoms with Crippen molar-refractivity contribution in [2.75, 3.05) is 30.4 Å². The molecule has 1 saturated heterocycles. The lowest BCUT2D eigenvalue weighted by Gasteiger charge is -2.42. The maximum absolute atomic E-state index is 12.7. The van der Waals surface area contributed by atoms with E-state index in [0.717, 1.165) is 29.7 Å². The van der Waals surface area contributed by atoms with Crippen LogP contribution in [0.2, 0.25) is 0 Å². The summed E-state index contributed by atoms with van der Waals surface area (Å²) in [5.41, 5.74) is 1.99. The standard InChI is InChI=1S/C19H24N6O2/c1-12-6-9-25(19(26)22-17-10-13(2)27-23-17)11-16(12)24(3)15-5-8-21-18-14(15)4-7-20-18/h4-5,7-8,10,12,16H,6,9,11H2,1-3H3,(H,20,21)(H,22,23,26)/t12-,16?/m1/s1. The van der Waals surface area contributed by atoms with Gasteiger partial charge in [-0.05, 0) is 31.4 Å². The molecule has 142 valence electrons. The minimum Gasteiger partial charge on any atom is -0.369 e. The van der Waals surface area contributed by atoms with Crippen LogP contribution in [0.5, 0.6) is 0 Å². The fourth-order valence-electron chi connectivity index (χ4n) is 3.78. The average Bonchev–Trinajstić information content (AvgIpc) is 3.30. The molecule has 8 heteroatoms. The molecule has 0 aliphatic carbocycles. The molecule has 2 N–H and O–H groups in total. The Morgan fingerprint density at radius 2 is 2.30 bits per heavy atom. The summed E-state index contributed by atoms with van der Waals surface area (Å²) in [5, 5.41) is 7.75. The fraction of sp³-hybridized carbons (Fsp3) is 0.421. The van der Waals surface area contributed by atoms with Crippen LogP contribution in [-0.2, 0) is 0 Å². The highest BCUT2D eigenvalue weighted by atomic mass is 16.5. The van der Waals surface area contributed by atoms with Crippen LogP contribution in [0.3, 0.4) is 0 Å². The first-order valence-electron chi connectivity index (χ1n) is 9.17. The van der Waals surface area contributed by atoms with E-state index in [1.165, 1.54) is 0 Å². The van der Waals surface area contributed by atoms with Crippen LogP contribution in [0.15, 0.2) is 35.1 Å². The lowest BCUT2D eigenvalue weighted by atomic mass is 9.92. The van der Waals surface area contributed by atoms with E-state index in [2.05, 4.69) is 39.3 Å². The molecule has 0 bridgehead atoms. The molecule has 8 nitrogen and oxygen atoms in total. The van der Waals surface area contributed by atoms with Gasteiger partial charge in [0.05, 0.1) is 0 Å². The van der Waals surface area contributed by atoms with Crippen LogP contribution < -0.4 is 10.2 Å². The number of nitrogens with one attached hydrogen (secondary N) is 2. The number of likely N-dealkylation sites (tertiary alicyclic amines) is 1. The van der Waals surface area contributed by atoms with Gasteiger partial charge in [-0.2, -0.15) is 0 Å². The van der Waals surface area contributed by atoms with Gasteiger partial charge in [0.1, 0.15) is 11.4 Å². The molecule has 0 aromatic carbocycles. The molecule has 0 spiro atoms. The number of anilines is 2. The van der Waals surface area contributed by atoms with Gasteiger partial charge in [0.25, 0.3) is 0 Å². The summed E-state index contributed by atoms with van der Waals surface area (Å²) in [7, 11) is 2.09. The normalized spacial score (nSPS) is 20.0. The van der Waals surface area contributed by atoms with Crippen molar-refractivity contribution in [2.45, 2.75) is 26.3 Å². The number of pyridine rings is 1. The largest absolute Gasteiger partial charge is 0.369 e. The Labute approximate surface area is 157 Å². The Morgan fingerprint density at radius 3 is 3.07 bits per heavy atom. The molecule has 0 saturated carbocycles. The number of nitrogens with zero attached hydrogens (tertiary/aromatic N) is 4. The average molecular weight is 368 g/mol. The van der Waals surface area contributed by atoms with Crippen molar-refractivity contribution in [1.29, 1.82) is 0 Å². The van der Waals surface area contributed by atoms with E-state index < -0.39 is 0 Å². The predicted octanol–water partition coefficient (Wildman–Crippen LogP) is 3.24. The molecule has 1 fully saturated rings. The van der Waals surface area contributed by atoms with Crippen molar-refractivity contribution in [1.82, 2.24) is 20.0 Å². The Morgan fingerprint density at radius 1 is 1.44 bits per heavy atom. The van der Waals surface area contributed by atoms with Crippen LogP contribution in [0.25, 0.3) is 11.0 Å². The summed E-state index contributed by atoms with van der Waals surface area (Å²) in [6.45, 7) is 5.41. The second-order valence-corrected chi connectivity index (χ2v) is 7.21. The SMILES string of the molecule is Cc1cc(NC(=O)N2CC[C@@H](C)C(N(C)c3ccnc4[nH]ccc34)C2)no1. The maximum Gasteiger partial charge on any atom is 0.323 e. The summed E-state index contributed by atoms with van der Waals surface area (Å²) in [5.74, 6) is 1.59. The number of aromatic amines is 1. The van der Waals surface area contributed by atoms with Crippen LogP contribution in [0.1, 0.15) is 19.1 Å². The van der Waals surface area contributed by atoms with Gasteiger partial charge in [0.15, 0.2) is 5.82 Å². The van der Waals surface area contributed by atoms with E-state index >= 15 is 0 Å². The molecule has 4 heterocycles. The van der Waals surface area contributed by atoms with Crippen LogP contribution in [0, 0.1) is 12.8 Å². The number of carbonyl (C=O) groups is 1. The number of aromatic nitrogens is 3. The Hall–Kier alpha value is -3.03. The van der Waals surface area contributed by atoms with Gasteiger partial charge in [0, 0.05) is 55.7 Å². The third-order valence-corrected chi connectivity index (χ3v) is 5.38. The van der Waals surface area contributed by atoms with Gasteiger partial charge >= 0.3 is 6.03 Å². The van der Waals surface area contributed by atoms with Crippen LogP contribution >= 0.6 is 0 Å². The van der Waals surface area contributed by atoms with Crippen molar-refractivity contribution in [3.63, 3.8) is 0 Å². The zero-order valence-electron chi connectivity index (χ0n) is 15.8. The number of urea groups is 1. The number of piperidine rings is 1. The van der Waals surface area contributed by atoms with Gasteiger partial charge in [-0.1, -0.05) is 12.1 Å². The van der Waals surface area contributed by atoms with E-state index in [1.54, 1.807) is 13.0 Å². The number of hydrogen-bond donors (Lipinski definition) is 2. The van der Waals surface area contributed by atoms with E-state index in [0.29, 0.717) is 24.0 Å². The number of amides is 2. The van der Waals surface area contributed by atoms with E-state index in [9.17, 15) is 4.79 Å². The predicted molar refractivity (Wildman–Crippen MR) is 104 cm³/mol. The lowest BCUT2D eigenvalue weighted by Crippen LogP contribution is -2.53. The molecule has 1 aliphatic rings. The third kappa shape index (κ3) is 3.34. The molecule has 3 aromatic heterocycles. The number of aryl methyl sites for hydroxylation is 1. The Kier molecular flexibility index (Phi) is 4.47. The van der Waals surface area contributed by atoms with E-state index in [-0.39, 0.29) is 12.1 Å². The molecular weight excluding hydrogens is 344 g/mol. The summed E-state index contributed by atoms with van der Waals surface area (Å²) in [6, 6.07) is 5.85. The molecule has 1 aliphatic heterocycles. The highest BCUT2D eigenvalue weighted by molar-refractivity contribution is 5.90. The zero-order chi connectivity index (χ0) is 19.0. The highest BCUT2D eigenvalue weighted by Crippen LogP contribution is 2.30. The first kappa shape index (κ1) is 17.4. The van der Waals surface area contributed by atoms with E-state index in [4.69, 9.17) is 4.52 Å². The number of rotatable bonds is 3. The van der Waals surface area contributed by atoms with Crippen molar-refractivity contribution in [2.24, 2.45) is 5.92 Å². The molecule has 2 atom stereocenters.